The second-order valence-corrected chi connectivity index (χ2v) is 7.81. The number of anilines is 1. The van der Waals surface area contributed by atoms with Crippen LogP contribution in [-0.4, -0.2) is 34.7 Å². The molecule has 2 atom stereocenters. The Morgan fingerprint density at radius 2 is 1.77 bits per heavy atom. The molecular formula is C21H28N2O3. The zero-order valence-corrected chi connectivity index (χ0v) is 16.1. The van der Waals surface area contributed by atoms with Crippen LogP contribution >= 0.6 is 0 Å². The molecule has 140 valence electrons. The van der Waals surface area contributed by atoms with Crippen molar-refractivity contribution in [1.29, 1.82) is 0 Å². The first-order valence-corrected chi connectivity index (χ1v) is 9.64. The molecule has 3 rings (SSSR count). The van der Waals surface area contributed by atoms with Crippen molar-refractivity contribution < 1.29 is 14.4 Å². The number of benzene rings is 1. The highest BCUT2D eigenvalue weighted by Crippen LogP contribution is 2.35. The lowest BCUT2D eigenvalue weighted by Gasteiger charge is -2.33. The molecule has 3 amide bonds. The van der Waals surface area contributed by atoms with Gasteiger partial charge in [-0.3, -0.25) is 14.4 Å². The van der Waals surface area contributed by atoms with Gasteiger partial charge in [-0.1, -0.05) is 32.9 Å². The van der Waals surface area contributed by atoms with E-state index < -0.39 is 6.04 Å². The third-order valence-electron chi connectivity index (χ3n) is 5.52. The summed E-state index contributed by atoms with van der Waals surface area (Å²) in [6, 6.07) is 6.84. The zero-order chi connectivity index (χ0) is 19.0. The second kappa shape index (κ2) is 7.22. The Morgan fingerprint density at radius 1 is 1.15 bits per heavy atom. The SMILES string of the molecule is CCC(C)N(C(=O)C1CC1)C1CC(=O)N(c2ccc(C(C)C)cc2)C1=O. The summed E-state index contributed by atoms with van der Waals surface area (Å²) in [5, 5.41) is 0. The number of hydrogen-bond donors (Lipinski definition) is 0. The molecule has 0 spiro atoms. The van der Waals surface area contributed by atoms with Crippen LogP contribution in [0, 0.1) is 5.92 Å². The van der Waals surface area contributed by atoms with E-state index in [1.165, 1.54) is 4.90 Å². The minimum atomic E-state index is -0.671. The van der Waals surface area contributed by atoms with Gasteiger partial charge in [-0.05, 0) is 49.8 Å². The quantitative estimate of drug-likeness (QED) is 0.733. The molecule has 1 aliphatic heterocycles. The lowest BCUT2D eigenvalue weighted by molar-refractivity contribution is -0.141. The molecule has 5 heteroatoms. The van der Waals surface area contributed by atoms with E-state index in [1.807, 2.05) is 38.1 Å². The predicted molar refractivity (Wildman–Crippen MR) is 101 cm³/mol. The fourth-order valence-corrected chi connectivity index (χ4v) is 3.53. The first kappa shape index (κ1) is 18.6. The Hall–Kier alpha value is -2.17. The maximum Gasteiger partial charge on any atom is 0.257 e. The maximum atomic E-state index is 13.1. The standard InChI is InChI=1S/C21H28N2O3/c1-5-14(4)22(20(25)16-6-7-16)18-12-19(24)23(21(18)26)17-10-8-15(9-11-17)13(2)3/h8-11,13-14,16,18H,5-7,12H2,1-4H3. The van der Waals surface area contributed by atoms with Crippen molar-refractivity contribution in [1.82, 2.24) is 4.90 Å². The van der Waals surface area contributed by atoms with Crippen molar-refractivity contribution in [3.05, 3.63) is 29.8 Å². The molecule has 2 aliphatic rings. The van der Waals surface area contributed by atoms with Crippen LogP contribution in [0.2, 0.25) is 0 Å². The van der Waals surface area contributed by atoms with Gasteiger partial charge in [0.25, 0.3) is 5.91 Å². The number of amides is 3. The molecule has 0 bridgehead atoms. The van der Waals surface area contributed by atoms with E-state index in [0.717, 1.165) is 24.8 Å². The maximum absolute atomic E-state index is 13.1. The lowest BCUT2D eigenvalue weighted by atomic mass is 10.0. The Bertz CT molecular complexity index is 706. The van der Waals surface area contributed by atoms with Crippen LogP contribution in [0.1, 0.15) is 64.9 Å². The van der Waals surface area contributed by atoms with Crippen molar-refractivity contribution >= 4 is 23.4 Å². The van der Waals surface area contributed by atoms with Crippen LogP contribution in [-0.2, 0) is 14.4 Å². The number of carbonyl (C=O) groups excluding carboxylic acids is 3. The molecule has 2 unspecified atom stereocenters. The normalized spacial score (nSPS) is 21.4. The highest BCUT2D eigenvalue weighted by Gasteiger charge is 2.47. The van der Waals surface area contributed by atoms with E-state index in [4.69, 9.17) is 0 Å². The summed E-state index contributed by atoms with van der Waals surface area (Å²) in [5.41, 5.74) is 1.75. The number of imide groups is 1. The molecule has 1 saturated carbocycles. The van der Waals surface area contributed by atoms with Gasteiger partial charge in [-0.25, -0.2) is 4.90 Å². The Balaban J connectivity index is 1.85. The number of hydrogen-bond acceptors (Lipinski definition) is 3. The van der Waals surface area contributed by atoms with E-state index >= 15 is 0 Å². The van der Waals surface area contributed by atoms with Crippen molar-refractivity contribution in [2.24, 2.45) is 5.92 Å². The summed E-state index contributed by atoms with van der Waals surface area (Å²) in [4.78, 5) is 41.3. The molecule has 1 aromatic rings. The van der Waals surface area contributed by atoms with Crippen molar-refractivity contribution in [2.45, 2.75) is 71.4 Å². The molecule has 1 saturated heterocycles. The van der Waals surface area contributed by atoms with Gasteiger partial charge in [0.15, 0.2) is 0 Å². The smallest absolute Gasteiger partial charge is 0.257 e. The van der Waals surface area contributed by atoms with E-state index in [0.29, 0.717) is 11.6 Å². The average Bonchev–Trinajstić information content (AvgIpc) is 3.42. The second-order valence-electron chi connectivity index (χ2n) is 7.81. The van der Waals surface area contributed by atoms with Gasteiger partial charge in [-0.2, -0.15) is 0 Å². The molecule has 26 heavy (non-hydrogen) atoms. The third kappa shape index (κ3) is 3.39. The fraction of sp³-hybridized carbons (Fsp3) is 0.571. The van der Waals surface area contributed by atoms with Crippen LogP contribution in [0.5, 0.6) is 0 Å². The summed E-state index contributed by atoms with van der Waals surface area (Å²) in [6.07, 6.45) is 2.62. The predicted octanol–water partition coefficient (Wildman–Crippen LogP) is 3.48. The molecule has 5 nitrogen and oxygen atoms in total. The van der Waals surface area contributed by atoms with Gasteiger partial charge in [0, 0.05) is 12.0 Å². The number of rotatable bonds is 6. The molecule has 1 aliphatic carbocycles. The molecule has 1 heterocycles. The van der Waals surface area contributed by atoms with Crippen molar-refractivity contribution in [3.8, 4) is 0 Å². The van der Waals surface area contributed by atoms with Gasteiger partial charge in [0.05, 0.1) is 12.1 Å². The minimum Gasteiger partial charge on any atom is -0.327 e. The molecule has 1 aromatic carbocycles. The Kier molecular flexibility index (Phi) is 5.17. The highest BCUT2D eigenvalue weighted by atomic mass is 16.2. The number of nitrogens with zero attached hydrogens (tertiary/aromatic N) is 2. The van der Waals surface area contributed by atoms with Crippen LogP contribution in [0.4, 0.5) is 5.69 Å². The van der Waals surface area contributed by atoms with E-state index in [9.17, 15) is 14.4 Å². The first-order valence-electron chi connectivity index (χ1n) is 9.64. The Labute approximate surface area is 155 Å². The molecule has 2 fully saturated rings. The van der Waals surface area contributed by atoms with Gasteiger partial charge in [0.2, 0.25) is 11.8 Å². The van der Waals surface area contributed by atoms with Gasteiger partial charge < -0.3 is 4.90 Å². The lowest BCUT2D eigenvalue weighted by Crippen LogP contribution is -2.50. The summed E-state index contributed by atoms with van der Waals surface area (Å²) in [5.74, 6) is -0.0524. The monoisotopic (exact) mass is 356 g/mol. The van der Waals surface area contributed by atoms with Gasteiger partial charge in [0.1, 0.15) is 6.04 Å². The van der Waals surface area contributed by atoms with Crippen molar-refractivity contribution in [3.63, 3.8) is 0 Å². The van der Waals surface area contributed by atoms with Gasteiger partial charge >= 0.3 is 0 Å². The molecule has 0 N–H and O–H groups in total. The first-order chi connectivity index (χ1) is 12.3. The molecule has 0 aromatic heterocycles. The van der Waals surface area contributed by atoms with Crippen LogP contribution in [0.3, 0.4) is 0 Å². The van der Waals surface area contributed by atoms with Crippen LogP contribution < -0.4 is 4.90 Å². The fourth-order valence-electron chi connectivity index (χ4n) is 3.53. The highest BCUT2D eigenvalue weighted by molar-refractivity contribution is 6.23. The zero-order valence-electron chi connectivity index (χ0n) is 16.1. The summed E-state index contributed by atoms with van der Waals surface area (Å²) < 4.78 is 0. The van der Waals surface area contributed by atoms with Crippen LogP contribution in [0.25, 0.3) is 0 Å². The van der Waals surface area contributed by atoms with E-state index in [1.54, 1.807) is 4.90 Å². The summed E-state index contributed by atoms with van der Waals surface area (Å²) in [7, 11) is 0. The van der Waals surface area contributed by atoms with E-state index in [-0.39, 0.29) is 36.1 Å². The van der Waals surface area contributed by atoms with E-state index in [2.05, 4.69) is 13.8 Å². The van der Waals surface area contributed by atoms with Crippen molar-refractivity contribution in [2.75, 3.05) is 4.90 Å². The average molecular weight is 356 g/mol. The minimum absolute atomic E-state index is 0.0301. The molecular weight excluding hydrogens is 328 g/mol. The third-order valence-corrected chi connectivity index (χ3v) is 5.52. The largest absolute Gasteiger partial charge is 0.327 e. The summed E-state index contributed by atoms with van der Waals surface area (Å²) in [6.45, 7) is 8.16. The number of carbonyl (C=O) groups is 3. The topological polar surface area (TPSA) is 57.7 Å². The molecule has 0 radical (unpaired) electrons. The van der Waals surface area contributed by atoms with Gasteiger partial charge in [-0.15, -0.1) is 0 Å². The summed E-state index contributed by atoms with van der Waals surface area (Å²) >= 11 is 0. The Morgan fingerprint density at radius 3 is 2.27 bits per heavy atom. The van der Waals surface area contributed by atoms with Crippen LogP contribution in [0.15, 0.2) is 24.3 Å².